The summed E-state index contributed by atoms with van der Waals surface area (Å²) < 4.78 is 33.2. The minimum Gasteiger partial charge on any atom is -0.497 e. The number of nitrogens with one attached hydrogen (secondary N) is 1. The van der Waals surface area contributed by atoms with Crippen LogP contribution in [0.3, 0.4) is 0 Å². The molecule has 2 aliphatic rings. The van der Waals surface area contributed by atoms with Crippen LogP contribution in [0.1, 0.15) is 39.2 Å². The second-order valence-electron chi connectivity index (χ2n) is 9.56. The van der Waals surface area contributed by atoms with Gasteiger partial charge in [0.15, 0.2) is 0 Å². The van der Waals surface area contributed by atoms with Crippen molar-refractivity contribution in [2.75, 3.05) is 37.0 Å². The monoisotopic (exact) mass is 485 g/mol. The van der Waals surface area contributed by atoms with Crippen molar-refractivity contribution >= 4 is 33.2 Å². The normalized spacial score (nSPS) is 18.6. The van der Waals surface area contributed by atoms with Crippen molar-refractivity contribution in [1.29, 1.82) is 0 Å². The van der Waals surface area contributed by atoms with E-state index in [2.05, 4.69) is 12.2 Å². The predicted octanol–water partition coefficient (Wildman–Crippen LogP) is 3.38. The van der Waals surface area contributed by atoms with Gasteiger partial charge in [-0.05, 0) is 68.5 Å². The van der Waals surface area contributed by atoms with Gasteiger partial charge in [0, 0.05) is 30.5 Å². The van der Waals surface area contributed by atoms with Crippen LogP contribution in [0.15, 0.2) is 47.4 Å². The van der Waals surface area contributed by atoms with E-state index in [4.69, 9.17) is 4.74 Å². The van der Waals surface area contributed by atoms with Crippen LogP contribution in [0, 0.1) is 5.92 Å². The first kappa shape index (κ1) is 24.2. The van der Waals surface area contributed by atoms with E-state index in [1.807, 2.05) is 0 Å². The topological polar surface area (TPSA) is 96.0 Å². The van der Waals surface area contributed by atoms with Crippen molar-refractivity contribution in [3.8, 4) is 5.75 Å². The number of ether oxygens (including phenoxy) is 1. The molecule has 1 N–H and O–H groups in total. The summed E-state index contributed by atoms with van der Waals surface area (Å²) in [4.78, 5) is 27.6. The molecule has 0 radical (unpaired) electrons. The van der Waals surface area contributed by atoms with E-state index in [9.17, 15) is 18.0 Å². The number of piperidine rings is 1. The number of benzene rings is 2. The Labute approximate surface area is 200 Å². The molecule has 2 amide bonds. The molecule has 8 nitrogen and oxygen atoms in total. The average molecular weight is 486 g/mol. The van der Waals surface area contributed by atoms with E-state index in [0.29, 0.717) is 41.7 Å². The molecular weight excluding hydrogens is 454 g/mol. The van der Waals surface area contributed by atoms with Gasteiger partial charge in [0.1, 0.15) is 12.3 Å². The number of methoxy groups -OCH3 is 1. The molecule has 0 spiro atoms. The van der Waals surface area contributed by atoms with E-state index in [1.54, 1.807) is 57.4 Å². The summed E-state index contributed by atoms with van der Waals surface area (Å²) in [6, 6.07) is 11.7. The van der Waals surface area contributed by atoms with Crippen LogP contribution >= 0.6 is 0 Å². The first-order chi connectivity index (χ1) is 16.0. The second kappa shape index (κ2) is 9.03. The molecule has 2 heterocycles. The maximum Gasteiger partial charge on any atom is 0.244 e. The van der Waals surface area contributed by atoms with Crippen molar-refractivity contribution in [1.82, 2.24) is 4.31 Å². The van der Waals surface area contributed by atoms with Gasteiger partial charge in [-0.3, -0.25) is 9.59 Å². The molecule has 0 atom stereocenters. The van der Waals surface area contributed by atoms with Crippen molar-refractivity contribution in [2.45, 2.75) is 43.9 Å². The maximum absolute atomic E-state index is 13.3. The number of nitrogens with zero attached hydrogens (tertiary/aromatic N) is 2. The lowest BCUT2D eigenvalue weighted by Crippen LogP contribution is -2.40. The number of sulfonamides is 1. The number of rotatable bonds is 6. The van der Waals surface area contributed by atoms with Gasteiger partial charge < -0.3 is 15.0 Å². The minimum absolute atomic E-state index is 0.178. The fraction of sp³-hybridized carbons (Fsp3) is 0.440. The van der Waals surface area contributed by atoms with Crippen molar-refractivity contribution in [3.05, 3.63) is 48.0 Å². The number of hydrogen-bond donors (Lipinski definition) is 1. The number of carbonyl (C=O) groups is 2. The zero-order chi connectivity index (χ0) is 24.7. The van der Waals surface area contributed by atoms with Gasteiger partial charge in [0.25, 0.3) is 0 Å². The molecule has 4 rings (SSSR count). The van der Waals surface area contributed by atoms with Gasteiger partial charge in [-0.1, -0.05) is 13.0 Å². The van der Waals surface area contributed by atoms with E-state index in [-0.39, 0.29) is 23.3 Å². The quantitative estimate of drug-likeness (QED) is 0.677. The predicted molar refractivity (Wildman–Crippen MR) is 131 cm³/mol. The van der Waals surface area contributed by atoms with Crippen molar-refractivity contribution in [2.24, 2.45) is 5.92 Å². The molecular formula is C25H31N3O5S. The van der Waals surface area contributed by atoms with E-state index in [0.717, 1.165) is 12.8 Å². The molecule has 34 heavy (non-hydrogen) atoms. The van der Waals surface area contributed by atoms with Crippen LogP contribution in [0.2, 0.25) is 0 Å². The molecule has 2 aromatic carbocycles. The Morgan fingerprint density at radius 3 is 2.53 bits per heavy atom. The third kappa shape index (κ3) is 4.42. The van der Waals surface area contributed by atoms with Crippen LogP contribution in [0.4, 0.5) is 11.4 Å². The van der Waals surface area contributed by atoms with E-state index in [1.165, 1.54) is 15.3 Å². The Balaban J connectivity index is 1.58. The third-order valence-electron chi connectivity index (χ3n) is 6.75. The molecule has 182 valence electrons. The Bertz CT molecular complexity index is 1220. The third-order valence-corrected chi connectivity index (χ3v) is 8.64. The summed E-state index contributed by atoms with van der Waals surface area (Å²) in [6.07, 6.45) is 1.68. The highest BCUT2D eigenvalue weighted by Crippen LogP contribution is 2.43. The fourth-order valence-corrected chi connectivity index (χ4v) is 6.05. The first-order valence-corrected chi connectivity index (χ1v) is 12.9. The molecule has 0 aromatic heterocycles. The Morgan fingerprint density at radius 1 is 1.15 bits per heavy atom. The summed E-state index contributed by atoms with van der Waals surface area (Å²) in [7, 11) is -2.11. The fourth-order valence-electron chi connectivity index (χ4n) is 4.55. The molecule has 0 saturated carbocycles. The van der Waals surface area contributed by atoms with Gasteiger partial charge in [-0.2, -0.15) is 4.31 Å². The molecule has 9 heteroatoms. The first-order valence-electron chi connectivity index (χ1n) is 11.4. The second-order valence-corrected chi connectivity index (χ2v) is 11.5. The van der Waals surface area contributed by atoms with Crippen LogP contribution in [0.25, 0.3) is 0 Å². The number of fused-ring (bicyclic) bond motifs is 1. The van der Waals surface area contributed by atoms with Crippen molar-refractivity contribution in [3.63, 3.8) is 0 Å². The zero-order valence-electron chi connectivity index (χ0n) is 20.0. The highest BCUT2D eigenvalue weighted by Gasteiger charge is 2.45. The number of carbonyl (C=O) groups excluding carboxylic acids is 2. The molecule has 2 aliphatic heterocycles. The Kier molecular flexibility index (Phi) is 6.44. The summed E-state index contributed by atoms with van der Waals surface area (Å²) in [5.41, 5.74) is 0.779. The summed E-state index contributed by atoms with van der Waals surface area (Å²) in [5, 5.41) is 2.79. The van der Waals surface area contributed by atoms with Gasteiger partial charge in [-0.25, -0.2) is 8.42 Å². The standard InChI is InChI=1S/C25H31N3O5S/c1-17-10-12-27(13-11-17)34(31,32)20-8-9-22-21(15-20)25(2,3)24(30)28(22)16-23(29)26-18-6-5-7-19(14-18)33-4/h5-9,14-15,17H,10-13,16H2,1-4H3,(H,26,29). The maximum atomic E-state index is 13.3. The molecule has 0 aliphatic carbocycles. The van der Waals surface area contributed by atoms with Gasteiger partial charge >= 0.3 is 0 Å². The minimum atomic E-state index is -3.65. The number of amides is 2. The van der Waals surface area contributed by atoms with Gasteiger partial charge in [-0.15, -0.1) is 0 Å². The van der Waals surface area contributed by atoms with Crippen LogP contribution in [-0.2, 0) is 25.0 Å². The number of anilines is 2. The largest absolute Gasteiger partial charge is 0.497 e. The summed E-state index contributed by atoms with van der Waals surface area (Å²) >= 11 is 0. The molecule has 2 aromatic rings. The van der Waals surface area contributed by atoms with E-state index < -0.39 is 15.4 Å². The smallest absolute Gasteiger partial charge is 0.244 e. The SMILES string of the molecule is COc1cccc(NC(=O)CN2C(=O)C(C)(C)c3cc(S(=O)(=O)N4CCC(C)CC4)ccc32)c1. The van der Waals surface area contributed by atoms with Crippen LogP contribution in [-0.4, -0.2) is 51.3 Å². The van der Waals surface area contributed by atoms with Crippen LogP contribution < -0.4 is 15.0 Å². The number of hydrogen-bond acceptors (Lipinski definition) is 5. The molecule has 0 unspecified atom stereocenters. The lowest BCUT2D eigenvalue weighted by atomic mass is 9.86. The average Bonchev–Trinajstić information content (AvgIpc) is 2.99. The van der Waals surface area contributed by atoms with Crippen molar-refractivity contribution < 1.29 is 22.7 Å². The van der Waals surface area contributed by atoms with E-state index >= 15 is 0 Å². The summed E-state index contributed by atoms with van der Waals surface area (Å²) in [6.45, 7) is 6.47. The highest BCUT2D eigenvalue weighted by atomic mass is 32.2. The lowest BCUT2D eigenvalue weighted by molar-refractivity contribution is -0.124. The summed E-state index contributed by atoms with van der Waals surface area (Å²) in [5.74, 6) is 0.521. The Hall–Kier alpha value is -2.91. The zero-order valence-corrected chi connectivity index (χ0v) is 20.8. The highest BCUT2D eigenvalue weighted by molar-refractivity contribution is 7.89. The Morgan fingerprint density at radius 2 is 1.85 bits per heavy atom. The van der Waals surface area contributed by atoms with Gasteiger partial charge in [0.05, 0.1) is 17.4 Å². The van der Waals surface area contributed by atoms with Gasteiger partial charge in [0.2, 0.25) is 21.8 Å². The molecule has 1 saturated heterocycles. The molecule has 1 fully saturated rings. The lowest BCUT2D eigenvalue weighted by Gasteiger charge is -2.29. The molecule has 0 bridgehead atoms. The van der Waals surface area contributed by atoms with Crippen LogP contribution in [0.5, 0.6) is 5.75 Å².